The van der Waals surface area contributed by atoms with Crippen LogP contribution in [0.15, 0.2) is 0 Å². The maximum absolute atomic E-state index is 10.4. The minimum absolute atomic E-state index is 0.133. The maximum Gasteiger partial charge on any atom is 0.408 e. The predicted octanol–water partition coefficient (Wildman–Crippen LogP) is 0.118. The maximum atomic E-state index is 10.4. The van der Waals surface area contributed by atoms with E-state index in [2.05, 4.69) is 16.0 Å². The first kappa shape index (κ1) is 5.96. The van der Waals surface area contributed by atoms with Gasteiger partial charge in [-0.15, -0.1) is 6.42 Å². The van der Waals surface area contributed by atoms with Gasteiger partial charge in [-0.05, 0) is 0 Å². The van der Waals surface area contributed by atoms with Crippen LogP contribution in [0.1, 0.15) is 6.42 Å². The van der Waals surface area contributed by atoms with Gasteiger partial charge >= 0.3 is 6.09 Å². The smallest absolute Gasteiger partial charge is 0.408 e. The van der Waals surface area contributed by atoms with Crippen LogP contribution in [-0.2, 0) is 4.74 Å². The Morgan fingerprint density at radius 3 is 3.11 bits per heavy atom. The van der Waals surface area contributed by atoms with Gasteiger partial charge in [-0.2, -0.15) is 0 Å². The van der Waals surface area contributed by atoms with E-state index in [4.69, 9.17) is 6.42 Å². The lowest BCUT2D eigenvalue weighted by atomic mass is 10.2. The van der Waals surface area contributed by atoms with Gasteiger partial charge in [0.1, 0.15) is 0 Å². The molecule has 1 rings (SSSR count). The quantitative estimate of drug-likeness (QED) is 0.467. The first-order valence-corrected chi connectivity index (χ1v) is 2.72. The third-order valence-corrected chi connectivity index (χ3v) is 1.13. The first-order chi connectivity index (χ1) is 4.33. The molecular formula is C6H7NO2. The molecule has 1 unspecified atom stereocenters. The summed E-state index contributed by atoms with van der Waals surface area (Å²) in [7, 11) is 0. The lowest BCUT2D eigenvalue weighted by Gasteiger charge is -2.18. The molecule has 1 fully saturated rings. The fourth-order valence-electron chi connectivity index (χ4n) is 0.651. The largest absolute Gasteiger partial charge is 0.449 e. The van der Waals surface area contributed by atoms with Crippen LogP contribution < -0.4 is 5.32 Å². The lowest BCUT2D eigenvalue weighted by molar-refractivity contribution is 0.123. The summed E-state index contributed by atoms with van der Waals surface area (Å²) in [5.74, 6) is 2.42. The van der Waals surface area contributed by atoms with Gasteiger partial charge in [-0.3, -0.25) is 0 Å². The van der Waals surface area contributed by atoms with Crippen molar-refractivity contribution < 1.29 is 9.53 Å². The van der Waals surface area contributed by atoms with Crippen molar-refractivity contribution >= 4 is 6.09 Å². The molecule has 0 aromatic heterocycles. The summed E-state index contributed by atoms with van der Waals surface area (Å²) in [5, 5.41) is 2.47. The standard InChI is InChI=1S/C6H7NO2/c1-2-5-3-4-9-6(8)7-5/h1,5H,3-4H2,(H,7,8). The number of amides is 1. The van der Waals surface area contributed by atoms with Crippen LogP contribution >= 0.6 is 0 Å². The average Bonchev–Trinajstić information content (AvgIpc) is 1.88. The Balaban J connectivity index is 2.43. The van der Waals surface area contributed by atoms with Gasteiger partial charge in [0.05, 0.1) is 12.6 Å². The summed E-state index contributed by atoms with van der Waals surface area (Å²) in [6.07, 6.45) is 5.34. The van der Waals surface area contributed by atoms with E-state index in [-0.39, 0.29) is 6.04 Å². The number of cyclic esters (lactones) is 1. The summed E-state index contributed by atoms with van der Waals surface area (Å²) in [6, 6.07) is -0.133. The molecule has 1 heterocycles. The second-order valence-electron chi connectivity index (χ2n) is 1.79. The van der Waals surface area contributed by atoms with Crippen LogP contribution in [0, 0.1) is 12.3 Å². The fourth-order valence-corrected chi connectivity index (χ4v) is 0.651. The van der Waals surface area contributed by atoms with E-state index in [1.165, 1.54) is 0 Å². The number of rotatable bonds is 0. The van der Waals surface area contributed by atoms with Crippen molar-refractivity contribution in [1.82, 2.24) is 5.32 Å². The van der Waals surface area contributed by atoms with Crippen molar-refractivity contribution in [3.63, 3.8) is 0 Å². The van der Waals surface area contributed by atoms with Gasteiger partial charge in [-0.1, -0.05) is 5.92 Å². The molecular weight excluding hydrogens is 118 g/mol. The minimum atomic E-state index is -0.413. The predicted molar refractivity (Wildman–Crippen MR) is 31.7 cm³/mol. The van der Waals surface area contributed by atoms with Crippen LogP contribution in [0.5, 0.6) is 0 Å². The van der Waals surface area contributed by atoms with Crippen molar-refractivity contribution in [3.8, 4) is 12.3 Å². The third-order valence-electron chi connectivity index (χ3n) is 1.13. The number of terminal acetylenes is 1. The lowest BCUT2D eigenvalue weighted by Crippen LogP contribution is -2.40. The van der Waals surface area contributed by atoms with Crippen LogP contribution in [0.3, 0.4) is 0 Å². The van der Waals surface area contributed by atoms with E-state index >= 15 is 0 Å². The highest BCUT2D eigenvalue weighted by molar-refractivity contribution is 5.68. The van der Waals surface area contributed by atoms with Gasteiger partial charge < -0.3 is 10.1 Å². The molecule has 0 radical (unpaired) electrons. The van der Waals surface area contributed by atoms with Gasteiger partial charge in [-0.25, -0.2) is 4.79 Å². The van der Waals surface area contributed by atoms with Gasteiger partial charge in [0, 0.05) is 6.42 Å². The van der Waals surface area contributed by atoms with E-state index in [0.717, 1.165) is 0 Å². The summed E-state index contributed by atoms with van der Waals surface area (Å²) < 4.78 is 4.56. The molecule has 0 aromatic rings. The monoisotopic (exact) mass is 125 g/mol. The highest BCUT2D eigenvalue weighted by Crippen LogP contribution is 1.98. The highest BCUT2D eigenvalue weighted by atomic mass is 16.5. The Morgan fingerprint density at radius 1 is 1.89 bits per heavy atom. The number of carbonyl (C=O) groups excluding carboxylic acids is 1. The summed E-state index contributed by atoms with van der Waals surface area (Å²) >= 11 is 0. The summed E-state index contributed by atoms with van der Waals surface area (Å²) in [6.45, 7) is 0.431. The molecule has 48 valence electrons. The summed E-state index contributed by atoms with van der Waals surface area (Å²) in [5.41, 5.74) is 0. The van der Waals surface area contributed by atoms with Crippen molar-refractivity contribution in [2.75, 3.05) is 6.61 Å². The van der Waals surface area contributed by atoms with Crippen LogP contribution in [0.25, 0.3) is 0 Å². The molecule has 0 aliphatic carbocycles. The number of carbonyl (C=O) groups is 1. The average molecular weight is 125 g/mol. The number of nitrogens with one attached hydrogen (secondary N) is 1. The zero-order valence-electron chi connectivity index (χ0n) is 4.89. The molecule has 3 heteroatoms. The van der Waals surface area contributed by atoms with E-state index in [1.807, 2.05) is 0 Å². The van der Waals surface area contributed by atoms with Crippen LogP contribution in [-0.4, -0.2) is 18.7 Å². The molecule has 0 spiro atoms. The molecule has 1 N–H and O–H groups in total. The number of alkyl carbamates (subject to hydrolysis) is 1. The SMILES string of the molecule is C#CC1CCOC(=O)N1. The Morgan fingerprint density at radius 2 is 2.67 bits per heavy atom. The van der Waals surface area contributed by atoms with Gasteiger partial charge in [0.15, 0.2) is 0 Å². The van der Waals surface area contributed by atoms with Crippen molar-refractivity contribution in [2.24, 2.45) is 0 Å². The van der Waals surface area contributed by atoms with E-state index in [1.54, 1.807) is 0 Å². The van der Waals surface area contributed by atoms with Crippen LogP contribution in [0.4, 0.5) is 4.79 Å². The second kappa shape index (κ2) is 2.40. The van der Waals surface area contributed by atoms with Gasteiger partial charge in [0.2, 0.25) is 0 Å². The fraction of sp³-hybridized carbons (Fsp3) is 0.500. The van der Waals surface area contributed by atoms with E-state index in [9.17, 15) is 4.79 Å². The molecule has 0 aromatic carbocycles. The molecule has 0 saturated carbocycles. The first-order valence-electron chi connectivity index (χ1n) is 2.72. The Labute approximate surface area is 53.4 Å². The number of hydrogen-bond acceptors (Lipinski definition) is 2. The van der Waals surface area contributed by atoms with Crippen molar-refractivity contribution in [1.29, 1.82) is 0 Å². The Kier molecular flexibility index (Phi) is 1.59. The number of hydrogen-bond donors (Lipinski definition) is 1. The molecule has 9 heavy (non-hydrogen) atoms. The third kappa shape index (κ3) is 1.36. The van der Waals surface area contributed by atoms with E-state index in [0.29, 0.717) is 13.0 Å². The molecule has 3 nitrogen and oxygen atoms in total. The Hall–Kier alpha value is -1.17. The molecule has 1 amide bonds. The van der Waals surface area contributed by atoms with Crippen LogP contribution in [0.2, 0.25) is 0 Å². The molecule has 0 bridgehead atoms. The second-order valence-corrected chi connectivity index (χ2v) is 1.79. The minimum Gasteiger partial charge on any atom is -0.449 e. The molecule has 1 aliphatic heterocycles. The van der Waals surface area contributed by atoms with Crippen molar-refractivity contribution in [2.45, 2.75) is 12.5 Å². The zero-order chi connectivity index (χ0) is 6.69. The van der Waals surface area contributed by atoms with E-state index < -0.39 is 6.09 Å². The van der Waals surface area contributed by atoms with Crippen molar-refractivity contribution in [3.05, 3.63) is 0 Å². The molecule has 1 atom stereocenters. The Bertz CT molecular complexity index is 159. The van der Waals surface area contributed by atoms with Gasteiger partial charge in [0.25, 0.3) is 0 Å². The normalized spacial score (nSPS) is 25.7. The zero-order valence-corrected chi connectivity index (χ0v) is 4.89. The topological polar surface area (TPSA) is 38.3 Å². The molecule has 1 saturated heterocycles. The molecule has 1 aliphatic rings. The summed E-state index contributed by atoms with van der Waals surface area (Å²) in [4.78, 5) is 10.4. The number of ether oxygens (including phenoxy) is 1. The highest BCUT2D eigenvalue weighted by Gasteiger charge is 2.15.